The van der Waals surface area contributed by atoms with E-state index in [4.69, 9.17) is 10.3 Å². The predicted molar refractivity (Wildman–Crippen MR) is 120 cm³/mol. The Morgan fingerprint density at radius 2 is 1.94 bits per heavy atom. The van der Waals surface area contributed by atoms with Gasteiger partial charge in [-0.15, -0.1) is 0 Å². The van der Waals surface area contributed by atoms with E-state index in [1.807, 2.05) is 53.2 Å². The number of amides is 2. The number of nitrogens with one attached hydrogen (secondary N) is 2. The van der Waals surface area contributed by atoms with Crippen LogP contribution in [0, 0.1) is 5.92 Å². The lowest BCUT2D eigenvalue weighted by Gasteiger charge is -2.19. The van der Waals surface area contributed by atoms with E-state index < -0.39 is 11.8 Å². The fourth-order valence-electron chi connectivity index (χ4n) is 4.57. The van der Waals surface area contributed by atoms with Crippen molar-refractivity contribution < 1.29 is 14.8 Å². The summed E-state index contributed by atoms with van der Waals surface area (Å²) in [6.07, 6.45) is 11.0. The molecular formula is C25H24N4O3. The van der Waals surface area contributed by atoms with Gasteiger partial charge in [0.2, 0.25) is 5.91 Å². The molecule has 5 rings (SSSR count). The van der Waals surface area contributed by atoms with Crippen molar-refractivity contribution in [3.05, 3.63) is 89.3 Å². The first kappa shape index (κ1) is 20.2. The molecule has 1 aromatic carbocycles. The Bertz CT molecular complexity index is 1240. The van der Waals surface area contributed by atoms with E-state index in [1.165, 1.54) is 0 Å². The Morgan fingerprint density at radius 3 is 2.66 bits per heavy atom. The smallest absolute Gasteiger partial charge is 0.251 e. The van der Waals surface area contributed by atoms with Gasteiger partial charge in [0.1, 0.15) is 0 Å². The van der Waals surface area contributed by atoms with Gasteiger partial charge in [0.05, 0.1) is 17.1 Å². The maximum atomic E-state index is 12.7. The molecule has 7 nitrogen and oxygen atoms in total. The van der Waals surface area contributed by atoms with E-state index >= 15 is 0 Å². The lowest BCUT2D eigenvalue weighted by atomic mass is 9.96. The summed E-state index contributed by atoms with van der Waals surface area (Å²) in [5.41, 5.74) is 7.67. The molecule has 0 saturated heterocycles. The van der Waals surface area contributed by atoms with Crippen LogP contribution in [0.1, 0.15) is 46.4 Å². The molecule has 7 heteroatoms. The first-order valence-corrected chi connectivity index (χ1v) is 10.8. The zero-order valence-electron chi connectivity index (χ0n) is 17.5. The van der Waals surface area contributed by atoms with E-state index in [9.17, 15) is 9.59 Å². The van der Waals surface area contributed by atoms with Crippen LogP contribution in [0.25, 0.3) is 11.1 Å². The van der Waals surface area contributed by atoms with Gasteiger partial charge in [-0.3, -0.25) is 14.8 Å². The normalized spacial score (nSPS) is 19.5. The summed E-state index contributed by atoms with van der Waals surface area (Å²) in [5.74, 6) is -1.04. The molecule has 0 bridgehead atoms. The van der Waals surface area contributed by atoms with Crippen LogP contribution in [0.3, 0.4) is 0 Å². The number of hydroxylamine groups is 1. The largest absolute Gasteiger partial charge is 0.349 e. The number of allylic oxidation sites excluding steroid dienone is 4. The highest BCUT2D eigenvalue weighted by Gasteiger charge is 2.34. The minimum Gasteiger partial charge on any atom is -0.349 e. The van der Waals surface area contributed by atoms with Gasteiger partial charge >= 0.3 is 0 Å². The van der Waals surface area contributed by atoms with E-state index in [2.05, 4.69) is 23.5 Å². The van der Waals surface area contributed by atoms with Gasteiger partial charge in [-0.1, -0.05) is 42.8 Å². The van der Waals surface area contributed by atoms with Crippen LogP contribution in [0.15, 0.2) is 66.9 Å². The molecule has 3 aromatic rings. The van der Waals surface area contributed by atoms with E-state index in [1.54, 1.807) is 5.48 Å². The Labute approximate surface area is 185 Å². The Hall–Kier alpha value is -3.71. The average molecular weight is 428 g/mol. The number of carbonyl (C=O) groups excluding carboxylic acids is 2. The summed E-state index contributed by atoms with van der Waals surface area (Å²) < 4.78 is 1.90. The van der Waals surface area contributed by atoms with Crippen LogP contribution in [0.5, 0.6) is 0 Å². The fraction of sp³-hybridized carbons (Fsp3) is 0.240. The molecule has 2 aliphatic carbocycles. The second-order valence-electron chi connectivity index (χ2n) is 8.31. The van der Waals surface area contributed by atoms with Crippen LogP contribution in [0.4, 0.5) is 0 Å². The lowest BCUT2D eigenvalue weighted by Crippen LogP contribution is -2.43. The third-order valence-electron chi connectivity index (χ3n) is 6.34. The third-order valence-corrected chi connectivity index (χ3v) is 6.34. The number of pyridine rings is 1. The first-order valence-electron chi connectivity index (χ1n) is 10.8. The summed E-state index contributed by atoms with van der Waals surface area (Å²) in [7, 11) is 0. The van der Waals surface area contributed by atoms with Gasteiger partial charge in [0.25, 0.3) is 5.91 Å². The van der Waals surface area contributed by atoms with Gasteiger partial charge in [-0.05, 0) is 42.7 Å². The molecule has 1 saturated carbocycles. The zero-order chi connectivity index (χ0) is 22.1. The molecule has 2 heterocycles. The molecule has 2 atom stereocenters. The van der Waals surface area contributed by atoms with Crippen molar-refractivity contribution in [2.75, 3.05) is 0 Å². The van der Waals surface area contributed by atoms with Crippen LogP contribution >= 0.6 is 0 Å². The van der Waals surface area contributed by atoms with Gasteiger partial charge < -0.3 is 5.32 Å². The summed E-state index contributed by atoms with van der Waals surface area (Å²) in [6, 6.07) is 13.3. The predicted octanol–water partition coefficient (Wildman–Crippen LogP) is 3.28. The molecular weight excluding hydrogens is 404 g/mol. The Kier molecular flexibility index (Phi) is 5.33. The van der Waals surface area contributed by atoms with Crippen molar-refractivity contribution in [2.24, 2.45) is 5.92 Å². The zero-order valence-corrected chi connectivity index (χ0v) is 17.5. The summed E-state index contributed by atoms with van der Waals surface area (Å²) >= 11 is 0. The maximum absolute atomic E-state index is 12.7. The standard InChI is InChI=1S/C25H24N4O3/c30-24(26-21-8-4-7-19(21)25(31)28-32)18-12-10-16(11-13-18)15-20-22-9-1-2-14-29(22)27-23(20)17-5-3-6-17/h1-3,5-6,9-14,19,21,32H,4,7-8,15H2,(H,26,30)(H,28,31)/t19-,21+/m0/s1. The monoisotopic (exact) mass is 428 g/mol. The molecule has 0 aliphatic heterocycles. The van der Waals surface area contributed by atoms with Crippen molar-refractivity contribution in [3.8, 4) is 0 Å². The molecule has 1 fully saturated rings. The molecule has 0 radical (unpaired) electrons. The molecule has 0 spiro atoms. The molecule has 2 amide bonds. The minimum absolute atomic E-state index is 0.208. The SMILES string of the molecule is O=C(N[C@@H]1CCC[C@@H]1C(=O)NO)c1ccc(Cc2c(C3=CC=C3)nn3ccccc23)cc1. The summed E-state index contributed by atoms with van der Waals surface area (Å²) in [6.45, 7) is 0. The quantitative estimate of drug-likeness (QED) is 0.415. The molecule has 0 unspecified atom stereocenters. The number of nitrogens with zero attached hydrogens (tertiary/aromatic N) is 2. The Morgan fingerprint density at radius 1 is 1.12 bits per heavy atom. The molecule has 2 aromatic heterocycles. The highest BCUT2D eigenvalue weighted by atomic mass is 16.5. The van der Waals surface area contributed by atoms with E-state index in [0.29, 0.717) is 18.4 Å². The van der Waals surface area contributed by atoms with Gasteiger partial charge in [-0.25, -0.2) is 10.00 Å². The number of rotatable bonds is 6. The van der Waals surface area contributed by atoms with Gasteiger partial charge in [-0.2, -0.15) is 5.10 Å². The molecule has 162 valence electrons. The van der Waals surface area contributed by atoms with Crippen LogP contribution in [-0.2, 0) is 11.2 Å². The van der Waals surface area contributed by atoms with E-state index in [0.717, 1.165) is 40.8 Å². The maximum Gasteiger partial charge on any atom is 0.251 e. The number of aromatic nitrogens is 2. The Balaban J connectivity index is 1.33. The molecule has 2 aliphatic rings. The topological polar surface area (TPSA) is 95.7 Å². The number of fused-ring (bicyclic) bond motifs is 1. The number of hydrogen-bond acceptors (Lipinski definition) is 4. The second kappa shape index (κ2) is 8.43. The number of benzene rings is 1. The van der Waals surface area contributed by atoms with Gasteiger partial charge in [0, 0.05) is 35.4 Å². The van der Waals surface area contributed by atoms with Crippen molar-refractivity contribution in [3.63, 3.8) is 0 Å². The highest BCUT2D eigenvalue weighted by molar-refractivity contribution is 5.95. The molecule has 32 heavy (non-hydrogen) atoms. The van der Waals surface area contributed by atoms with E-state index in [-0.39, 0.29) is 11.9 Å². The van der Waals surface area contributed by atoms with Crippen molar-refractivity contribution in [1.29, 1.82) is 0 Å². The van der Waals surface area contributed by atoms with Crippen molar-refractivity contribution in [1.82, 2.24) is 20.4 Å². The average Bonchev–Trinajstić information content (AvgIpc) is 3.37. The fourth-order valence-corrected chi connectivity index (χ4v) is 4.57. The molecule has 3 N–H and O–H groups in total. The van der Waals surface area contributed by atoms with Gasteiger partial charge in [0.15, 0.2) is 0 Å². The van der Waals surface area contributed by atoms with Crippen LogP contribution < -0.4 is 10.8 Å². The number of carbonyl (C=O) groups is 2. The number of hydrogen-bond donors (Lipinski definition) is 3. The second-order valence-corrected chi connectivity index (χ2v) is 8.31. The van der Waals surface area contributed by atoms with Crippen LogP contribution in [0.2, 0.25) is 0 Å². The van der Waals surface area contributed by atoms with Crippen molar-refractivity contribution in [2.45, 2.75) is 31.7 Å². The first-order chi connectivity index (χ1) is 15.6. The highest BCUT2D eigenvalue weighted by Crippen LogP contribution is 2.29. The third kappa shape index (κ3) is 3.71. The van der Waals surface area contributed by atoms with Crippen LogP contribution in [-0.4, -0.2) is 32.7 Å². The minimum atomic E-state index is -0.441. The summed E-state index contributed by atoms with van der Waals surface area (Å²) in [4.78, 5) is 24.5. The summed E-state index contributed by atoms with van der Waals surface area (Å²) in [5, 5.41) is 16.6. The van der Waals surface area contributed by atoms with Crippen molar-refractivity contribution >= 4 is 22.9 Å². The lowest BCUT2D eigenvalue weighted by molar-refractivity contribution is -0.133.